The molecule has 0 aliphatic carbocycles. The van der Waals surface area contributed by atoms with Crippen LogP contribution >= 0.6 is 11.8 Å². The fraction of sp³-hybridized carbons (Fsp3) is 0.368. The van der Waals surface area contributed by atoms with Gasteiger partial charge in [0, 0.05) is 17.1 Å². The number of para-hydroxylation sites is 1. The van der Waals surface area contributed by atoms with Crippen molar-refractivity contribution in [1.29, 1.82) is 0 Å². The Labute approximate surface area is 138 Å². The van der Waals surface area contributed by atoms with Gasteiger partial charge in [-0.2, -0.15) is 0 Å². The van der Waals surface area contributed by atoms with E-state index in [1.54, 1.807) is 0 Å². The van der Waals surface area contributed by atoms with E-state index in [1.807, 2.05) is 23.9 Å². The first-order chi connectivity index (χ1) is 10.8. The predicted molar refractivity (Wildman–Crippen MR) is 98.5 cm³/mol. The van der Waals surface area contributed by atoms with E-state index in [-0.39, 0.29) is 0 Å². The van der Waals surface area contributed by atoms with Gasteiger partial charge in [0.25, 0.3) is 0 Å². The molecule has 0 saturated heterocycles. The second kappa shape index (κ2) is 9.54. The molecule has 0 amide bonds. The summed E-state index contributed by atoms with van der Waals surface area (Å²) in [7, 11) is 2.21. The van der Waals surface area contributed by atoms with Gasteiger partial charge >= 0.3 is 0 Å². The van der Waals surface area contributed by atoms with Crippen LogP contribution < -0.4 is 5.73 Å². The molecular formula is C19H26N2S. The third kappa shape index (κ3) is 6.12. The number of nitrogen functional groups attached to an aromatic ring is 1. The molecule has 0 bridgehead atoms. The number of likely N-dealkylation sites (N-methyl/N-ethyl adjacent to an activating group) is 1. The fourth-order valence-electron chi connectivity index (χ4n) is 2.35. The van der Waals surface area contributed by atoms with E-state index in [1.165, 1.54) is 23.3 Å². The number of unbranched alkanes of at least 4 members (excludes halogenated alkanes) is 1. The van der Waals surface area contributed by atoms with Crippen LogP contribution in [-0.4, -0.2) is 30.8 Å². The lowest BCUT2D eigenvalue weighted by Gasteiger charge is -2.16. The molecule has 118 valence electrons. The summed E-state index contributed by atoms with van der Waals surface area (Å²) < 4.78 is 0. The summed E-state index contributed by atoms with van der Waals surface area (Å²) >= 11 is 1.87. The number of nitrogens with two attached hydrogens (primary N) is 1. The number of anilines is 1. The zero-order chi connectivity index (χ0) is 15.6. The van der Waals surface area contributed by atoms with Crippen LogP contribution in [0.25, 0.3) is 0 Å². The molecular weight excluding hydrogens is 288 g/mol. The highest BCUT2D eigenvalue weighted by Crippen LogP contribution is 2.25. The standard InChI is InChI=1S/C19H26N2S/c1-21(15-13-17-9-3-2-4-10-17)14-7-8-16-22-19-12-6-5-11-18(19)20/h2-6,9-12H,7-8,13-16,20H2,1H3. The molecule has 2 nitrogen and oxygen atoms in total. The Morgan fingerprint density at radius 1 is 0.909 bits per heavy atom. The van der Waals surface area contributed by atoms with Gasteiger partial charge in [-0.1, -0.05) is 42.5 Å². The van der Waals surface area contributed by atoms with Gasteiger partial charge in [0.05, 0.1) is 0 Å². The van der Waals surface area contributed by atoms with Crippen LogP contribution in [0.2, 0.25) is 0 Å². The Morgan fingerprint density at radius 2 is 1.64 bits per heavy atom. The summed E-state index contributed by atoms with van der Waals surface area (Å²) in [5.41, 5.74) is 8.27. The minimum atomic E-state index is 0.896. The first-order valence-corrected chi connectivity index (χ1v) is 8.94. The number of nitrogens with zero attached hydrogens (tertiary/aromatic N) is 1. The largest absolute Gasteiger partial charge is 0.398 e. The van der Waals surface area contributed by atoms with Gasteiger partial charge in [-0.25, -0.2) is 0 Å². The Kier molecular flexibility index (Phi) is 7.34. The summed E-state index contributed by atoms with van der Waals surface area (Å²) in [6.07, 6.45) is 3.60. The Bertz CT molecular complexity index is 542. The molecule has 2 aromatic rings. The van der Waals surface area contributed by atoms with E-state index in [0.29, 0.717) is 0 Å². The SMILES string of the molecule is CN(CCCCSc1ccccc1N)CCc1ccccc1. The summed E-state index contributed by atoms with van der Waals surface area (Å²) in [5.74, 6) is 1.14. The monoisotopic (exact) mass is 314 g/mol. The van der Waals surface area contributed by atoms with Crippen molar-refractivity contribution in [2.75, 3.05) is 31.6 Å². The normalized spacial score (nSPS) is 11.0. The molecule has 22 heavy (non-hydrogen) atoms. The zero-order valence-corrected chi connectivity index (χ0v) is 14.2. The van der Waals surface area contributed by atoms with Crippen molar-refractivity contribution in [2.24, 2.45) is 0 Å². The second-order valence-corrected chi connectivity index (χ2v) is 6.77. The summed E-state index contributed by atoms with van der Waals surface area (Å²) in [5, 5.41) is 0. The van der Waals surface area contributed by atoms with E-state index in [2.05, 4.69) is 54.4 Å². The average molecular weight is 314 g/mol. The van der Waals surface area contributed by atoms with E-state index >= 15 is 0 Å². The molecule has 0 saturated carbocycles. The van der Waals surface area contributed by atoms with Gasteiger partial charge in [-0.15, -0.1) is 11.8 Å². The van der Waals surface area contributed by atoms with E-state index < -0.39 is 0 Å². The van der Waals surface area contributed by atoms with Gasteiger partial charge in [0.2, 0.25) is 0 Å². The number of benzene rings is 2. The van der Waals surface area contributed by atoms with Gasteiger partial charge < -0.3 is 10.6 Å². The molecule has 0 spiro atoms. The molecule has 2 rings (SSSR count). The van der Waals surface area contributed by atoms with Crippen LogP contribution in [0, 0.1) is 0 Å². The minimum Gasteiger partial charge on any atom is -0.398 e. The van der Waals surface area contributed by atoms with Crippen molar-refractivity contribution >= 4 is 17.4 Å². The van der Waals surface area contributed by atoms with Crippen molar-refractivity contribution in [3.8, 4) is 0 Å². The fourth-order valence-corrected chi connectivity index (χ4v) is 3.33. The average Bonchev–Trinajstić information content (AvgIpc) is 2.55. The van der Waals surface area contributed by atoms with E-state index in [9.17, 15) is 0 Å². The molecule has 0 atom stereocenters. The predicted octanol–water partition coefficient (Wildman–Crippen LogP) is 4.32. The number of hydrogen-bond donors (Lipinski definition) is 1. The van der Waals surface area contributed by atoms with Crippen LogP contribution in [-0.2, 0) is 6.42 Å². The third-order valence-corrected chi connectivity index (χ3v) is 4.91. The Balaban J connectivity index is 1.56. The molecule has 0 radical (unpaired) electrons. The highest BCUT2D eigenvalue weighted by Gasteiger charge is 2.01. The highest BCUT2D eigenvalue weighted by molar-refractivity contribution is 7.99. The minimum absolute atomic E-state index is 0.896. The second-order valence-electron chi connectivity index (χ2n) is 5.63. The summed E-state index contributed by atoms with van der Waals surface area (Å²) in [4.78, 5) is 3.63. The number of thioether (sulfide) groups is 1. The van der Waals surface area contributed by atoms with Crippen LogP contribution in [0.3, 0.4) is 0 Å². The first kappa shape index (κ1) is 16.9. The number of rotatable bonds is 9. The molecule has 0 heterocycles. The zero-order valence-electron chi connectivity index (χ0n) is 13.4. The maximum atomic E-state index is 5.95. The lowest BCUT2D eigenvalue weighted by atomic mass is 10.1. The van der Waals surface area contributed by atoms with Crippen LogP contribution in [0.5, 0.6) is 0 Å². The van der Waals surface area contributed by atoms with Crippen LogP contribution in [0.15, 0.2) is 59.5 Å². The molecule has 0 fully saturated rings. The quantitative estimate of drug-likeness (QED) is 0.425. The van der Waals surface area contributed by atoms with Gasteiger partial charge in [-0.05, 0) is 56.3 Å². The van der Waals surface area contributed by atoms with Crippen molar-refractivity contribution < 1.29 is 0 Å². The lowest BCUT2D eigenvalue weighted by Crippen LogP contribution is -2.22. The first-order valence-electron chi connectivity index (χ1n) is 7.95. The van der Waals surface area contributed by atoms with E-state index in [4.69, 9.17) is 5.73 Å². The van der Waals surface area contributed by atoms with Crippen molar-refractivity contribution in [1.82, 2.24) is 4.90 Å². The van der Waals surface area contributed by atoms with Crippen molar-refractivity contribution in [2.45, 2.75) is 24.2 Å². The maximum absolute atomic E-state index is 5.95. The van der Waals surface area contributed by atoms with Gasteiger partial charge in [0.1, 0.15) is 0 Å². The van der Waals surface area contributed by atoms with Gasteiger partial charge in [-0.3, -0.25) is 0 Å². The highest BCUT2D eigenvalue weighted by atomic mass is 32.2. The number of hydrogen-bond acceptors (Lipinski definition) is 3. The maximum Gasteiger partial charge on any atom is 0.0452 e. The summed E-state index contributed by atoms with van der Waals surface area (Å²) in [6.45, 7) is 2.29. The molecule has 0 aromatic heterocycles. The van der Waals surface area contributed by atoms with Crippen LogP contribution in [0.4, 0.5) is 5.69 Å². The Hall–Kier alpha value is -1.45. The van der Waals surface area contributed by atoms with Crippen LogP contribution in [0.1, 0.15) is 18.4 Å². The Morgan fingerprint density at radius 3 is 2.41 bits per heavy atom. The molecule has 3 heteroatoms. The molecule has 0 aliphatic heterocycles. The third-order valence-electron chi connectivity index (χ3n) is 3.74. The topological polar surface area (TPSA) is 29.3 Å². The van der Waals surface area contributed by atoms with Crippen molar-refractivity contribution in [3.63, 3.8) is 0 Å². The smallest absolute Gasteiger partial charge is 0.0452 e. The molecule has 0 unspecified atom stereocenters. The molecule has 0 aliphatic rings. The van der Waals surface area contributed by atoms with Crippen molar-refractivity contribution in [3.05, 3.63) is 60.2 Å². The molecule has 2 aromatic carbocycles. The van der Waals surface area contributed by atoms with Gasteiger partial charge in [0.15, 0.2) is 0 Å². The lowest BCUT2D eigenvalue weighted by molar-refractivity contribution is 0.332. The summed E-state index contributed by atoms with van der Waals surface area (Å²) in [6, 6.07) is 18.8. The van der Waals surface area contributed by atoms with E-state index in [0.717, 1.165) is 31.0 Å². The molecule has 2 N–H and O–H groups in total.